The molecule has 0 aliphatic rings. The predicted octanol–water partition coefficient (Wildman–Crippen LogP) is 3.09. The van der Waals surface area contributed by atoms with Crippen LogP contribution in [0.5, 0.6) is 11.5 Å². The molecule has 1 aromatic carbocycles. The lowest BCUT2D eigenvalue weighted by molar-refractivity contribution is 0.0897. The molecule has 0 atom stereocenters. The minimum absolute atomic E-state index is 0.0183. The molecule has 0 saturated heterocycles. The fourth-order valence-electron chi connectivity index (χ4n) is 2.42. The van der Waals surface area contributed by atoms with E-state index in [-0.39, 0.29) is 11.9 Å². The van der Waals surface area contributed by atoms with Crippen molar-refractivity contribution in [2.24, 2.45) is 4.99 Å². The van der Waals surface area contributed by atoms with Crippen LogP contribution in [0.15, 0.2) is 47.6 Å². The van der Waals surface area contributed by atoms with Crippen molar-refractivity contribution in [3.8, 4) is 11.5 Å². The number of nitrogens with zero attached hydrogens (tertiary/aromatic N) is 2. The molecule has 0 aliphatic heterocycles. The minimum atomic E-state index is 0.0183. The van der Waals surface area contributed by atoms with Gasteiger partial charge in [-0.15, -0.1) is 0 Å². The Hall–Kier alpha value is -2.56. The maximum absolute atomic E-state index is 12.5. The average molecular weight is 328 g/mol. The molecule has 0 bridgehead atoms. The van der Waals surface area contributed by atoms with E-state index in [1.54, 1.807) is 25.0 Å². The fraction of sp³-hybridized carbons (Fsp3) is 0.368. The SMILES string of the molecule is COc1ccc(CCC(=O)n2ccccc2=NC(C)C)cc1OC. The highest BCUT2D eigenvalue weighted by atomic mass is 16.5. The minimum Gasteiger partial charge on any atom is -0.493 e. The Morgan fingerprint density at radius 1 is 1.12 bits per heavy atom. The van der Waals surface area contributed by atoms with Crippen LogP contribution in [-0.2, 0) is 6.42 Å². The monoisotopic (exact) mass is 328 g/mol. The van der Waals surface area contributed by atoms with Crippen molar-refractivity contribution in [2.45, 2.75) is 32.7 Å². The van der Waals surface area contributed by atoms with E-state index in [4.69, 9.17) is 9.47 Å². The summed E-state index contributed by atoms with van der Waals surface area (Å²) >= 11 is 0. The number of methoxy groups -OCH3 is 2. The predicted molar refractivity (Wildman–Crippen MR) is 93.6 cm³/mol. The molecule has 24 heavy (non-hydrogen) atoms. The van der Waals surface area contributed by atoms with Gasteiger partial charge in [-0.05, 0) is 50.1 Å². The molecule has 0 N–H and O–H groups in total. The lowest BCUT2D eigenvalue weighted by Crippen LogP contribution is -2.27. The van der Waals surface area contributed by atoms with E-state index in [0.29, 0.717) is 29.8 Å². The molecule has 1 heterocycles. The number of rotatable bonds is 6. The molecule has 0 fully saturated rings. The van der Waals surface area contributed by atoms with E-state index in [0.717, 1.165) is 5.56 Å². The quantitative estimate of drug-likeness (QED) is 0.819. The summed E-state index contributed by atoms with van der Waals surface area (Å²) in [5, 5.41) is 0. The van der Waals surface area contributed by atoms with Gasteiger partial charge in [-0.1, -0.05) is 12.1 Å². The summed E-state index contributed by atoms with van der Waals surface area (Å²) in [5.41, 5.74) is 1.71. The number of aromatic nitrogens is 1. The first-order valence-corrected chi connectivity index (χ1v) is 8.00. The molecule has 128 valence electrons. The Morgan fingerprint density at radius 2 is 1.88 bits per heavy atom. The molecular formula is C19H24N2O3. The maximum Gasteiger partial charge on any atom is 0.232 e. The fourth-order valence-corrected chi connectivity index (χ4v) is 2.42. The number of carbonyl (C=O) groups excluding carboxylic acids is 1. The maximum atomic E-state index is 12.5. The zero-order valence-corrected chi connectivity index (χ0v) is 14.7. The molecule has 2 rings (SSSR count). The second kappa shape index (κ2) is 8.34. The van der Waals surface area contributed by atoms with Crippen molar-refractivity contribution in [3.63, 3.8) is 0 Å². The van der Waals surface area contributed by atoms with Crippen LogP contribution in [0.2, 0.25) is 0 Å². The number of carbonyl (C=O) groups is 1. The molecule has 1 aromatic heterocycles. The van der Waals surface area contributed by atoms with Crippen molar-refractivity contribution in [3.05, 3.63) is 53.6 Å². The van der Waals surface area contributed by atoms with Gasteiger partial charge in [0, 0.05) is 18.7 Å². The number of hydrogen-bond acceptors (Lipinski definition) is 4. The zero-order valence-electron chi connectivity index (χ0n) is 14.7. The van der Waals surface area contributed by atoms with Gasteiger partial charge in [0.15, 0.2) is 11.5 Å². The Kier molecular flexibility index (Phi) is 6.18. The number of pyridine rings is 1. The van der Waals surface area contributed by atoms with Crippen molar-refractivity contribution >= 4 is 5.91 Å². The van der Waals surface area contributed by atoms with E-state index >= 15 is 0 Å². The van der Waals surface area contributed by atoms with E-state index < -0.39 is 0 Å². The summed E-state index contributed by atoms with van der Waals surface area (Å²) in [5.74, 6) is 1.37. The van der Waals surface area contributed by atoms with Crippen LogP contribution in [0.1, 0.15) is 30.6 Å². The number of aryl methyl sites for hydroxylation is 1. The molecular weight excluding hydrogens is 304 g/mol. The summed E-state index contributed by atoms with van der Waals surface area (Å²) in [4.78, 5) is 17.0. The van der Waals surface area contributed by atoms with Crippen LogP contribution < -0.4 is 15.0 Å². The van der Waals surface area contributed by atoms with Crippen LogP contribution in [0.25, 0.3) is 0 Å². The van der Waals surface area contributed by atoms with Crippen LogP contribution >= 0.6 is 0 Å². The highest BCUT2D eigenvalue weighted by molar-refractivity contribution is 5.78. The van der Waals surface area contributed by atoms with E-state index in [9.17, 15) is 4.79 Å². The number of hydrogen-bond donors (Lipinski definition) is 0. The van der Waals surface area contributed by atoms with Crippen molar-refractivity contribution in [1.82, 2.24) is 4.57 Å². The van der Waals surface area contributed by atoms with Crippen molar-refractivity contribution in [2.75, 3.05) is 14.2 Å². The van der Waals surface area contributed by atoms with E-state index in [2.05, 4.69) is 4.99 Å². The van der Waals surface area contributed by atoms with Gasteiger partial charge in [0.05, 0.1) is 14.2 Å². The largest absolute Gasteiger partial charge is 0.493 e. The van der Waals surface area contributed by atoms with Crippen LogP contribution in [-0.4, -0.2) is 30.7 Å². The molecule has 0 radical (unpaired) electrons. The first-order valence-electron chi connectivity index (χ1n) is 8.00. The molecule has 5 nitrogen and oxygen atoms in total. The zero-order chi connectivity index (χ0) is 17.5. The van der Waals surface area contributed by atoms with Gasteiger partial charge < -0.3 is 9.47 Å². The molecule has 0 amide bonds. The smallest absolute Gasteiger partial charge is 0.232 e. The Balaban J connectivity index is 2.15. The third-order valence-electron chi connectivity index (χ3n) is 3.57. The first-order chi connectivity index (χ1) is 11.5. The molecule has 0 spiro atoms. The normalized spacial score (nSPS) is 11.6. The second-order valence-corrected chi connectivity index (χ2v) is 5.73. The summed E-state index contributed by atoms with van der Waals surface area (Å²) in [6.07, 6.45) is 2.78. The molecule has 2 aromatic rings. The standard InChI is InChI=1S/C19H24N2O3/c1-14(2)20-18-7-5-6-12-21(18)19(22)11-9-15-8-10-16(23-3)17(13-15)24-4/h5-8,10,12-14H,9,11H2,1-4H3. The van der Waals surface area contributed by atoms with Crippen molar-refractivity contribution < 1.29 is 14.3 Å². The average Bonchev–Trinajstić information content (AvgIpc) is 2.59. The third kappa shape index (κ3) is 4.47. The number of ether oxygens (including phenoxy) is 2. The van der Waals surface area contributed by atoms with Crippen LogP contribution in [0.3, 0.4) is 0 Å². The summed E-state index contributed by atoms with van der Waals surface area (Å²) in [7, 11) is 3.21. The van der Waals surface area contributed by atoms with Gasteiger partial charge in [-0.3, -0.25) is 14.4 Å². The van der Waals surface area contributed by atoms with Gasteiger partial charge in [0.25, 0.3) is 0 Å². The molecule has 5 heteroatoms. The van der Waals surface area contributed by atoms with Crippen molar-refractivity contribution in [1.29, 1.82) is 0 Å². The summed E-state index contributed by atoms with van der Waals surface area (Å²) in [6.45, 7) is 3.98. The Morgan fingerprint density at radius 3 is 2.54 bits per heavy atom. The first kappa shape index (κ1) is 17.8. The summed E-state index contributed by atoms with van der Waals surface area (Å²) in [6, 6.07) is 11.4. The van der Waals surface area contributed by atoms with Gasteiger partial charge in [-0.2, -0.15) is 0 Å². The lowest BCUT2D eigenvalue weighted by Gasteiger charge is -2.10. The van der Waals surface area contributed by atoms with E-state index in [1.807, 2.05) is 50.2 Å². The lowest BCUT2D eigenvalue weighted by atomic mass is 10.1. The topological polar surface area (TPSA) is 52.8 Å². The molecule has 0 aliphatic carbocycles. The van der Waals surface area contributed by atoms with E-state index in [1.165, 1.54) is 0 Å². The highest BCUT2D eigenvalue weighted by Gasteiger charge is 2.09. The van der Waals surface area contributed by atoms with Crippen LogP contribution in [0, 0.1) is 0 Å². The van der Waals surface area contributed by atoms with Gasteiger partial charge in [-0.25, -0.2) is 0 Å². The Labute approximate surface area is 142 Å². The third-order valence-corrected chi connectivity index (χ3v) is 3.57. The Bertz CT molecular complexity index is 763. The highest BCUT2D eigenvalue weighted by Crippen LogP contribution is 2.27. The molecule has 0 unspecified atom stereocenters. The van der Waals surface area contributed by atoms with Crippen LogP contribution in [0.4, 0.5) is 0 Å². The summed E-state index contributed by atoms with van der Waals surface area (Å²) < 4.78 is 12.1. The van der Waals surface area contributed by atoms with Gasteiger partial charge >= 0.3 is 0 Å². The molecule has 0 saturated carbocycles. The second-order valence-electron chi connectivity index (χ2n) is 5.73. The van der Waals surface area contributed by atoms with Gasteiger partial charge in [0.1, 0.15) is 5.49 Å². The number of benzene rings is 1. The van der Waals surface area contributed by atoms with Gasteiger partial charge in [0.2, 0.25) is 5.91 Å².